The normalized spacial score (nSPS) is 12.8. The second-order valence-electron chi connectivity index (χ2n) is 5.81. The molecule has 0 bridgehead atoms. The molecule has 1 aromatic heterocycles. The number of methoxy groups -OCH3 is 2. The summed E-state index contributed by atoms with van der Waals surface area (Å²) in [6, 6.07) is 9.91. The highest BCUT2D eigenvalue weighted by Crippen LogP contribution is 2.40. The zero-order valence-corrected chi connectivity index (χ0v) is 14.1. The van der Waals surface area contributed by atoms with E-state index in [0.717, 1.165) is 40.9 Å². The number of anilines is 2. The molecule has 0 radical (unpaired) electrons. The summed E-state index contributed by atoms with van der Waals surface area (Å²) >= 11 is 0. The Labute approximate surface area is 146 Å². The summed E-state index contributed by atoms with van der Waals surface area (Å²) in [5.41, 5.74) is 4.05. The topological polar surface area (TPSA) is 47.5 Å². The van der Waals surface area contributed by atoms with Crippen molar-refractivity contribution in [2.45, 2.75) is 6.42 Å². The largest absolute Gasteiger partial charge is 0.493 e. The molecule has 2 aromatic carbocycles. The van der Waals surface area contributed by atoms with Crippen LogP contribution in [0, 0.1) is 12.3 Å². The summed E-state index contributed by atoms with van der Waals surface area (Å²) in [5, 5.41) is 0.916. The molecule has 1 aliphatic heterocycles. The number of rotatable bonds is 3. The fourth-order valence-electron chi connectivity index (χ4n) is 3.27. The van der Waals surface area contributed by atoms with Crippen LogP contribution in [0.4, 0.5) is 11.5 Å². The van der Waals surface area contributed by atoms with Crippen molar-refractivity contribution in [2.24, 2.45) is 0 Å². The van der Waals surface area contributed by atoms with Crippen LogP contribution in [0.1, 0.15) is 11.1 Å². The molecule has 0 saturated carbocycles. The van der Waals surface area contributed by atoms with Gasteiger partial charge in [-0.15, -0.1) is 6.42 Å². The monoisotopic (exact) mass is 331 g/mol. The van der Waals surface area contributed by atoms with Gasteiger partial charge in [0, 0.05) is 29.2 Å². The van der Waals surface area contributed by atoms with Crippen molar-refractivity contribution in [1.29, 1.82) is 0 Å². The first-order chi connectivity index (χ1) is 12.2. The Morgan fingerprint density at radius 2 is 1.88 bits per heavy atom. The summed E-state index contributed by atoms with van der Waals surface area (Å²) in [6.07, 6.45) is 8.10. The second-order valence-corrected chi connectivity index (χ2v) is 5.81. The highest BCUT2D eigenvalue weighted by atomic mass is 16.5. The van der Waals surface area contributed by atoms with Gasteiger partial charge in [-0.25, -0.2) is 9.97 Å². The highest BCUT2D eigenvalue weighted by molar-refractivity contribution is 5.94. The Hall–Kier alpha value is -3.26. The molecule has 4 rings (SSSR count). The molecule has 0 unspecified atom stereocenters. The number of terminal acetylenes is 1. The Morgan fingerprint density at radius 1 is 1.08 bits per heavy atom. The third-order valence-electron chi connectivity index (χ3n) is 4.52. The molecule has 5 nitrogen and oxygen atoms in total. The minimum atomic E-state index is 0.649. The average Bonchev–Trinajstić information content (AvgIpc) is 3.09. The maximum atomic E-state index is 5.56. The van der Waals surface area contributed by atoms with Crippen molar-refractivity contribution < 1.29 is 9.47 Å². The average molecular weight is 331 g/mol. The lowest BCUT2D eigenvalue weighted by atomic mass is 10.1. The van der Waals surface area contributed by atoms with E-state index < -0.39 is 0 Å². The van der Waals surface area contributed by atoms with E-state index in [2.05, 4.69) is 26.9 Å². The predicted molar refractivity (Wildman–Crippen MR) is 97.7 cm³/mol. The van der Waals surface area contributed by atoms with Crippen LogP contribution in [0.15, 0.2) is 36.7 Å². The molecule has 0 atom stereocenters. The van der Waals surface area contributed by atoms with Crippen LogP contribution < -0.4 is 14.4 Å². The molecule has 0 saturated heterocycles. The minimum absolute atomic E-state index is 0.649. The molecular formula is C20H17N3O2. The molecule has 0 fully saturated rings. The van der Waals surface area contributed by atoms with E-state index >= 15 is 0 Å². The van der Waals surface area contributed by atoms with Gasteiger partial charge in [-0.2, -0.15) is 0 Å². The molecule has 5 heteroatoms. The molecule has 2 heterocycles. The Kier molecular flexibility index (Phi) is 3.66. The van der Waals surface area contributed by atoms with Gasteiger partial charge in [0.25, 0.3) is 0 Å². The van der Waals surface area contributed by atoms with Crippen LogP contribution in [0.3, 0.4) is 0 Å². The van der Waals surface area contributed by atoms with E-state index in [1.807, 2.05) is 24.3 Å². The number of fused-ring (bicyclic) bond motifs is 2. The number of benzene rings is 2. The molecule has 0 spiro atoms. The zero-order valence-electron chi connectivity index (χ0n) is 14.1. The molecule has 0 amide bonds. The van der Waals surface area contributed by atoms with Crippen LogP contribution >= 0.6 is 0 Å². The van der Waals surface area contributed by atoms with E-state index in [1.54, 1.807) is 20.5 Å². The third kappa shape index (κ3) is 2.43. The van der Waals surface area contributed by atoms with E-state index in [9.17, 15) is 0 Å². The van der Waals surface area contributed by atoms with Gasteiger partial charge in [-0.3, -0.25) is 0 Å². The highest BCUT2D eigenvalue weighted by Gasteiger charge is 2.24. The molecule has 0 N–H and O–H groups in total. The van der Waals surface area contributed by atoms with Crippen molar-refractivity contribution in [3.05, 3.63) is 47.8 Å². The lowest BCUT2D eigenvalue weighted by Gasteiger charge is -2.20. The van der Waals surface area contributed by atoms with E-state index in [1.165, 1.54) is 5.56 Å². The summed E-state index contributed by atoms with van der Waals surface area (Å²) in [7, 11) is 3.24. The molecule has 124 valence electrons. The lowest BCUT2D eigenvalue weighted by Crippen LogP contribution is -2.15. The lowest BCUT2D eigenvalue weighted by molar-refractivity contribution is 0.356. The van der Waals surface area contributed by atoms with Gasteiger partial charge in [0.1, 0.15) is 12.1 Å². The van der Waals surface area contributed by atoms with E-state index in [0.29, 0.717) is 11.5 Å². The second kappa shape index (κ2) is 5.99. The molecule has 25 heavy (non-hydrogen) atoms. The van der Waals surface area contributed by atoms with Crippen molar-refractivity contribution in [2.75, 3.05) is 25.7 Å². The summed E-state index contributed by atoms with van der Waals surface area (Å²) in [6.45, 7) is 0.851. The number of nitrogens with zero attached hydrogens (tertiary/aromatic N) is 3. The van der Waals surface area contributed by atoms with Gasteiger partial charge in [0.15, 0.2) is 11.5 Å². The van der Waals surface area contributed by atoms with Gasteiger partial charge >= 0.3 is 0 Å². The first-order valence-corrected chi connectivity index (χ1v) is 7.99. The number of hydrogen-bond donors (Lipinski definition) is 0. The smallest absolute Gasteiger partial charge is 0.162 e. The van der Waals surface area contributed by atoms with Gasteiger partial charge in [0.2, 0.25) is 0 Å². The first-order valence-electron chi connectivity index (χ1n) is 7.99. The number of hydrogen-bond acceptors (Lipinski definition) is 5. The van der Waals surface area contributed by atoms with Gasteiger partial charge in [-0.1, -0.05) is 12.0 Å². The van der Waals surface area contributed by atoms with Crippen LogP contribution in [0.2, 0.25) is 0 Å². The van der Waals surface area contributed by atoms with Gasteiger partial charge in [-0.05, 0) is 30.2 Å². The SMILES string of the molecule is C#Cc1ccc2c(c1)N(c1ncnc3cc(OC)c(OC)cc13)CC2. The first kappa shape index (κ1) is 15.3. The standard InChI is InChI=1S/C20H17N3O2/c1-4-13-5-6-14-7-8-23(17(14)9-13)20-15-10-18(24-2)19(25-3)11-16(15)21-12-22-20/h1,5-6,9-12H,7-8H2,2-3H3. The van der Waals surface area contributed by atoms with E-state index in [4.69, 9.17) is 15.9 Å². The number of ether oxygens (including phenoxy) is 2. The molecule has 0 aliphatic carbocycles. The predicted octanol–water partition coefficient (Wildman–Crippen LogP) is 3.32. The summed E-state index contributed by atoms with van der Waals surface area (Å²) < 4.78 is 10.8. The third-order valence-corrected chi connectivity index (χ3v) is 4.52. The molecular weight excluding hydrogens is 314 g/mol. The van der Waals surface area contributed by atoms with Crippen molar-refractivity contribution in [3.63, 3.8) is 0 Å². The van der Waals surface area contributed by atoms with Crippen LogP contribution in [-0.4, -0.2) is 30.7 Å². The van der Waals surface area contributed by atoms with Crippen molar-refractivity contribution >= 4 is 22.4 Å². The van der Waals surface area contributed by atoms with Crippen molar-refractivity contribution in [1.82, 2.24) is 9.97 Å². The maximum Gasteiger partial charge on any atom is 0.162 e. The Morgan fingerprint density at radius 3 is 2.64 bits per heavy atom. The Bertz CT molecular complexity index is 1010. The maximum absolute atomic E-state index is 5.56. The van der Waals surface area contributed by atoms with E-state index in [-0.39, 0.29) is 0 Å². The quantitative estimate of drug-likeness (QED) is 0.689. The van der Waals surface area contributed by atoms with Gasteiger partial charge < -0.3 is 14.4 Å². The van der Waals surface area contributed by atoms with Crippen LogP contribution in [-0.2, 0) is 6.42 Å². The Balaban J connectivity index is 1.91. The fourth-order valence-corrected chi connectivity index (χ4v) is 3.27. The minimum Gasteiger partial charge on any atom is -0.493 e. The van der Waals surface area contributed by atoms with Crippen molar-refractivity contribution in [3.8, 4) is 23.8 Å². The summed E-state index contributed by atoms with van der Waals surface area (Å²) in [4.78, 5) is 11.1. The molecule has 3 aromatic rings. The number of aromatic nitrogens is 2. The summed E-state index contributed by atoms with van der Waals surface area (Å²) in [5.74, 6) is 4.85. The molecule has 1 aliphatic rings. The van der Waals surface area contributed by atoms with Gasteiger partial charge in [0.05, 0.1) is 19.7 Å². The van der Waals surface area contributed by atoms with Crippen LogP contribution in [0.25, 0.3) is 10.9 Å². The van der Waals surface area contributed by atoms with Crippen LogP contribution in [0.5, 0.6) is 11.5 Å². The zero-order chi connectivity index (χ0) is 17.4. The fraction of sp³-hybridized carbons (Fsp3) is 0.200.